The highest BCUT2D eigenvalue weighted by molar-refractivity contribution is 6.16. The fourth-order valence-corrected chi connectivity index (χ4v) is 3.61. The second-order valence-electron chi connectivity index (χ2n) is 6.29. The Balaban J connectivity index is 2.00. The molecule has 0 aromatic rings. The minimum absolute atomic E-state index is 0.0833. The first-order valence-corrected chi connectivity index (χ1v) is 6.75. The van der Waals surface area contributed by atoms with Crippen molar-refractivity contribution in [3.8, 4) is 0 Å². The minimum atomic E-state index is -1.11. The smallest absolute Gasteiger partial charge is 0.244 e. The molecule has 0 bridgehead atoms. The van der Waals surface area contributed by atoms with Crippen LogP contribution in [0, 0.1) is 10.8 Å². The number of nitrogens with zero attached hydrogens (tertiary/aromatic N) is 1. The molecule has 102 valence electrons. The third-order valence-corrected chi connectivity index (χ3v) is 5.09. The molecule has 4 heteroatoms. The van der Waals surface area contributed by atoms with Crippen LogP contribution in [0.1, 0.15) is 26.2 Å². The van der Waals surface area contributed by atoms with Crippen molar-refractivity contribution in [2.45, 2.75) is 31.8 Å². The van der Waals surface area contributed by atoms with E-state index in [2.05, 4.69) is 0 Å². The van der Waals surface area contributed by atoms with Gasteiger partial charge in [0, 0.05) is 12.5 Å². The predicted molar refractivity (Wildman–Crippen MR) is 70.3 cm³/mol. The SMILES string of the molecule is CN1CC(=O)C2(C=CC3(C=C2)CCCC3(C)O)C1=O. The summed E-state index contributed by atoms with van der Waals surface area (Å²) in [4.78, 5) is 25.8. The summed E-state index contributed by atoms with van der Waals surface area (Å²) in [6.07, 6.45) is 9.75. The Hall–Kier alpha value is -1.42. The molecule has 1 N–H and O–H groups in total. The molecule has 1 unspecified atom stereocenters. The van der Waals surface area contributed by atoms with Crippen LogP contribution in [0.25, 0.3) is 0 Å². The molecular formula is C15H19NO3. The Labute approximate surface area is 112 Å². The summed E-state index contributed by atoms with van der Waals surface area (Å²) < 4.78 is 0. The number of aliphatic hydroxyl groups is 1. The molecule has 1 amide bonds. The number of ketones is 1. The Kier molecular flexibility index (Phi) is 2.37. The topological polar surface area (TPSA) is 57.6 Å². The van der Waals surface area contributed by atoms with E-state index >= 15 is 0 Å². The maximum Gasteiger partial charge on any atom is 0.244 e. The molecular weight excluding hydrogens is 242 g/mol. The summed E-state index contributed by atoms with van der Waals surface area (Å²) in [6, 6.07) is 0. The van der Waals surface area contributed by atoms with Crippen LogP contribution >= 0.6 is 0 Å². The largest absolute Gasteiger partial charge is 0.389 e. The number of carbonyl (C=O) groups excluding carboxylic acids is 2. The second-order valence-corrected chi connectivity index (χ2v) is 6.29. The zero-order valence-corrected chi connectivity index (χ0v) is 11.3. The molecule has 3 aliphatic rings. The van der Waals surface area contributed by atoms with Crippen molar-refractivity contribution in [1.29, 1.82) is 0 Å². The maximum atomic E-state index is 12.2. The number of likely N-dealkylation sites (N-methyl/N-ethyl adjacent to an activating group) is 1. The third-order valence-electron chi connectivity index (χ3n) is 5.09. The Morgan fingerprint density at radius 2 is 1.79 bits per heavy atom. The van der Waals surface area contributed by atoms with E-state index in [1.165, 1.54) is 4.90 Å². The lowest BCUT2D eigenvalue weighted by Crippen LogP contribution is -2.42. The summed E-state index contributed by atoms with van der Waals surface area (Å²) in [5.41, 5.74) is -2.32. The van der Waals surface area contributed by atoms with Crippen molar-refractivity contribution >= 4 is 11.7 Å². The van der Waals surface area contributed by atoms with Gasteiger partial charge in [0.15, 0.2) is 5.78 Å². The van der Waals surface area contributed by atoms with E-state index < -0.39 is 16.4 Å². The summed E-state index contributed by atoms with van der Waals surface area (Å²) >= 11 is 0. The van der Waals surface area contributed by atoms with Crippen LogP contribution in [-0.4, -0.2) is 40.9 Å². The molecule has 0 aromatic heterocycles. The van der Waals surface area contributed by atoms with Gasteiger partial charge in [-0.1, -0.05) is 24.3 Å². The van der Waals surface area contributed by atoms with Gasteiger partial charge in [0.1, 0.15) is 5.41 Å². The van der Waals surface area contributed by atoms with Gasteiger partial charge in [0.05, 0.1) is 12.1 Å². The summed E-state index contributed by atoms with van der Waals surface area (Å²) in [7, 11) is 1.65. The lowest BCUT2D eigenvalue weighted by atomic mass is 9.67. The summed E-state index contributed by atoms with van der Waals surface area (Å²) in [6.45, 7) is 1.99. The molecule has 19 heavy (non-hydrogen) atoms. The molecule has 1 heterocycles. The van der Waals surface area contributed by atoms with Crippen LogP contribution in [-0.2, 0) is 9.59 Å². The number of rotatable bonds is 0. The van der Waals surface area contributed by atoms with Gasteiger partial charge in [-0.25, -0.2) is 0 Å². The number of carbonyl (C=O) groups is 2. The van der Waals surface area contributed by atoms with Crippen molar-refractivity contribution in [2.24, 2.45) is 10.8 Å². The van der Waals surface area contributed by atoms with Crippen LogP contribution < -0.4 is 0 Å². The zero-order chi connectivity index (χ0) is 13.9. The van der Waals surface area contributed by atoms with Crippen molar-refractivity contribution < 1.29 is 14.7 Å². The average molecular weight is 261 g/mol. The van der Waals surface area contributed by atoms with Crippen LogP contribution in [0.2, 0.25) is 0 Å². The van der Waals surface area contributed by atoms with Gasteiger partial charge < -0.3 is 10.0 Å². The van der Waals surface area contributed by atoms with Gasteiger partial charge in [-0.15, -0.1) is 0 Å². The van der Waals surface area contributed by atoms with E-state index in [1.54, 1.807) is 19.2 Å². The molecule has 2 aliphatic carbocycles. The summed E-state index contributed by atoms with van der Waals surface area (Å²) in [5.74, 6) is -0.252. The van der Waals surface area contributed by atoms with Gasteiger partial charge in [-0.2, -0.15) is 0 Å². The van der Waals surface area contributed by atoms with Crippen molar-refractivity contribution in [2.75, 3.05) is 13.6 Å². The molecule has 1 atom stereocenters. The first-order valence-electron chi connectivity index (χ1n) is 6.75. The third kappa shape index (κ3) is 1.43. The quantitative estimate of drug-likeness (QED) is 0.524. The summed E-state index contributed by atoms with van der Waals surface area (Å²) in [5, 5.41) is 10.5. The molecule has 4 nitrogen and oxygen atoms in total. The minimum Gasteiger partial charge on any atom is -0.389 e. The van der Waals surface area contributed by atoms with Crippen LogP contribution in [0.15, 0.2) is 24.3 Å². The molecule has 2 spiro atoms. The molecule has 0 radical (unpaired) electrons. The molecule has 2 fully saturated rings. The van der Waals surface area contributed by atoms with Crippen LogP contribution in [0.5, 0.6) is 0 Å². The second kappa shape index (κ2) is 3.57. The normalized spacial score (nSPS) is 45.1. The van der Waals surface area contributed by atoms with E-state index in [4.69, 9.17) is 0 Å². The number of amides is 1. The molecule has 1 saturated heterocycles. The number of hydrogen-bond donors (Lipinski definition) is 1. The molecule has 0 aromatic carbocycles. The molecule has 1 aliphatic heterocycles. The Morgan fingerprint density at radius 3 is 2.21 bits per heavy atom. The predicted octanol–water partition coefficient (Wildman–Crippen LogP) is 1.06. The van der Waals surface area contributed by atoms with Gasteiger partial charge in [-0.05, 0) is 26.2 Å². The lowest BCUT2D eigenvalue weighted by molar-refractivity contribution is -0.133. The van der Waals surface area contributed by atoms with E-state index in [0.29, 0.717) is 0 Å². The van der Waals surface area contributed by atoms with Crippen molar-refractivity contribution in [3.63, 3.8) is 0 Å². The first-order chi connectivity index (χ1) is 8.83. The van der Waals surface area contributed by atoms with Crippen LogP contribution in [0.4, 0.5) is 0 Å². The van der Waals surface area contributed by atoms with Gasteiger partial charge in [0.2, 0.25) is 5.91 Å². The van der Waals surface area contributed by atoms with Gasteiger partial charge in [0.25, 0.3) is 0 Å². The Bertz CT molecular complexity index is 501. The monoisotopic (exact) mass is 261 g/mol. The van der Waals surface area contributed by atoms with E-state index in [0.717, 1.165) is 19.3 Å². The highest BCUT2D eigenvalue weighted by atomic mass is 16.3. The maximum absolute atomic E-state index is 12.2. The number of hydrogen-bond acceptors (Lipinski definition) is 3. The molecule has 3 rings (SSSR count). The van der Waals surface area contributed by atoms with Gasteiger partial charge in [-0.3, -0.25) is 9.59 Å². The Morgan fingerprint density at radius 1 is 1.16 bits per heavy atom. The lowest BCUT2D eigenvalue weighted by Gasteiger charge is -2.39. The van der Waals surface area contributed by atoms with E-state index in [1.807, 2.05) is 19.1 Å². The fraction of sp³-hybridized carbons (Fsp3) is 0.600. The standard InChI is InChI=1S/C15H19NO3/c1-13(19)4-3-5-14(13)6-8-15(9-7-14)11(17)10-16(2)12(15)18/h6-9,19H,3-5,10H2,1-2H3. The number of Topliss-reactive ketones (excluding diaryl/α,β-unsaturated/α-hetero) is 1. The van der Waals surface area contributed by atoms with E-state index in [9.17, 15) is 14.7 Å². The van der Waals surface area contributed by atoms with Crippen molar-refractivity contribution in [3.05, 3.63) is 24.3 Å². The van der Waals surface area contributed by atoms with Crippen LogP contribution in [0.3, 0.4) is 0 Å². The highest BCUT2D eigenvalue weighted by Gasteiger charge is 2.55. The van der Waals surface area contributed by atoms with E-state index in [-0.39, 0.29) is 18.2 Å². The van der Waals surface area contributed by atoms with Crippen molar-refractivity contribution in [1.82, 2.24) is 4.90 Å². The highest BCUT2D eigenvalue weighted by Crippen LogP contribution is 2.52. The van der Waals surface area contributed by atoms with Gasteiger partial charge >= 0.3 is 0 Å². The zero-order valence-electron chi connectivity index (χ0n) is 11.3. The molecule has 1 saturated carbocycles. The average Bonchev–Trinajstić information content (AvgIpc) is 2.74. The number of likely N-dealkylation sites (tertiary alicyclic amines) is 1. The first kappa shape index (κ1) is 12.6. The fourth-order valence-electron chi connectivity index (χ4n) is 3.61.